The van der Waals surface area contributed by atoms with E-state index in [-0.39, 0.29) is 11.4 Å². The van der Waals surface area contributed by atoms with Gasteiger partial charge in [-0.05, 0) is 24.3 Å². The molecule has 130 valence electrons. The lowest BCUT2D eigenvalue weighted by Gasteiger charge is -2.02. The fraction of sp³-hybridized carbons (Fsp3) is 0.0588. The first-order chi connectivity index (χ1) is 12.7. The monoisotopic (exact) mass is 385 g/mol. The number of aromatic nitrogens is 4. The van der Waals surface area contributed by atoms with E-state index in [4.69, 9.17) is 0 Å². The number of thioether (sulfide) groups is 1. The molecule has 0 bridgehead atoms. The molecule has 0 aliphatic rings. The highest BCUT2D eigenvalue weighted by Crippen LogP contribution is 2.29. The second-order valence-electron chi connectivity index (χ2n) is 5.30. The van der Waals surface area contributed by atoms with Crippen LogP contribution >= 0.6 is 23.1 Å². The summed E-state index contributed by atoms with van der Waals surface area (Å²) in [6, 6.07) is 13.6. The van der Waals surface area contributed by atoms with Crippen molar-refractivity contribution in [3.8, 4) is 0 Å². The predicted molar refractivity (Wildman–Crippen MR) is 102 cm³/mol. The number of fused-ring (bicyclic) bond motifs is 1. The van der Waals surface area contributed by atoms with Gasteiger partial charge in [-0.1, -0.05) is 47.4 Å². The third-order valence-corrected chi connectivity index (χ3v) is 5.50. The van der Waals surface area contributed by atoms with E-state index in [0.29, 0.717) is 37.6 Å². The van der Waals surface area contributed by atoms with Crippen LogP contribution in [0.4, 0.5) is 15.2 Å². The number of rotatable bonds is 5. The second kappa shape index (κ2) is 7.22. The predicted octanol–water partition coefficient (Wildman–Crippen LogP) is 3.95. The maximum atomic E-state index is 13.7. The van der Waals surface area contributed by atoms with Crippen molar-refractivity contribution in [3.05, 3.63) is 70.5 Å². The lowest BCUT2D eigenvalue weighted by Crippen LogP contribution is -2.11. The highest BCUT2D eigenvalue weighted by atomic mass is 32.2. The first-order valence-corrected chi connectivity index (χ1v) is 9.45. The molecule has 2 aromatic carbocycles. The molecule has 0 spiro atoms. The van der Waals surface area contributed by atoms with E-state index in [1.165, 1.54) is 29.2 Å². The SMILES string of the molecule is O=c1[nH]c(CSc2nnc(Nc3ccccc3F)s2)nc2ccccc12. The summed E-state index contributed by atoms with van der Waals surface area (Å²) in [4.78, 5) is 19.3. The van der Waals surface area contributed by atoms with E-state index in [2.05, 4.69) is 25.5 Å². The summed E-state index contributed by atoms with van der Waals surface area (Å²) in [7, 11) is 0. The number of H-pyrrole nitrogens is 1. The topological polar surface area (TPSA) is 83.6 Å². The van der Waals surface area contributed by atoms with Crippen molar-refractivity contribution in [1.82, 2.24) is 20.2 Å². The molecule has 0 fully saturated rings. The molecule has 4 aromatic rings. The number of halogens is 1. The molecule has 0 aliphatic heterocycles. The van der Waals surface area contributed by atoms with Crippen LogP contribution in [-0.4, -0.2) is 20.2 Å². The molecule has 0 atom stereocenters. The molecule has 26 heavy (non-hydrogen) atoms. The first-order valence-electron chi connectivity index (χ1n) is 7.65. The average Bonchev–Trinajstić information content (AvgIpc) is 3.10. The lowest BCUT2D eigenvalue weighted by molar-refractivity contribution is 0.632. The fourth-order valence-corrected chi connectivity index (χ4v) is 3.96. The van der Waals surface area contributed by atoms with Gasteiger partial charge in [-0.25, -0.2) is 9.37 Å². The van der Waals surface area contributed by atoms with Crippen molar-refractivity contribution in [2.45, 2.75) is 10.1 Å². The van der Waals surface area contributed by atoms with E-state index >= 15 is 0 Å². The second-order valence-corrected chi connectivity index (χ2v) is 7.50. The van der Waals surface area contributed by atoms with E-state index < -0.39 is 0 Å². The summed E-state index contributed by atoms with van der Waals surface area (Å²) >= 11 is 2.71. The third kappa shape index (κ3) is 3.58. The van der Waals surface area contributed by atoms with Crippen molar-refractivity contribution in [2.24, 2.45) is 0 Å². The van der Waals surface area contributed by atoms with Crippen molar-refractivity contribution in [1.29, 1.82) is 0 Å². The Labute approximate surface area is 155 Å². The molecule has 0 unspecified atom stereocenters. The van der Waals surface area contributed by atoms with Crippen molar-refractivity contribution in [3.63, 3.8) is 0 Å². The summed E-state index contributed by atoms with van der Waals surface area (Å²) < 4.78 is 14.4. The molecule has 9 heteroatoms. The molecular weight excluding hydrogens is 373 g/mol. The minimum absolute atomic E-state index is 0.162. The van der Waals surface area contributed by atoms with E-state index in [9.17, 15) is 9.18 Å². The van der Waals surface area contributed by atoms with Gasteiger partial charge in [0.1, 0.15) is 11.6 Å². The van der Waals surface area contributed by atoms with Gasteiger partial charge in [0, 0.05) is 0 Å². The van der Waals surface area contributed by atoms with Crippen LogP contribution in [0.25, 0.3) is 10.9 Å². The largest absolute Gasteiger partial charge is 0.328 e. The van der Waals surface area contributed by atoms with Crippen LogP contribution in [0.5, 0.6) is 0 Å². The first kappa shape index (κ1) is 16.7. The molecule has 4 rings (SSSR count). The lowest BCUT2D eigenvalue weighted by atomic mass is 10.2. The zero-order valence-corrected chi connectivity index (χ0v) is 14.9. The highest BCUT2D eigenvalue weighted by Gasteiger charge is 2.09. The van der Waals surface area contributed by atoms with Crippen molar-refractivity contribution >= 4 is 44.8 Å². The van der Waals surface area contributed by atoms with Crippen LogP contribution in [-0.2, 0) is 5.75 Å². The number of aromatic amines is 1. The van der Waals surface area contributed by atoms with E-state index in [1.807, 2.05) is 6.07 Å². The van der Waals surface area contributed by atoms with E-state index in [1.54, 1.807) is 36.4 Å². The van der Waals surface area contributed by atoms with E-state index in [0.717, 1.165) is 0 Å². The summed E-state index contributed by atoms with van der Waals surface area (Å²) in [6.07, 6.45) is 0. The van der Waals surface area contributed by atoms with Gasteiger partial charge in [-0.15, -0.1) is 10.2 Å². The smallest absolute Gasteiger partial charge is 0.258 e. The quantitative estimate of drug-likeness (QED) is 0.506. The molecule has 6 nitrogen and oxygen atoms in total. The number of hydrogen-bond acceptors (Lipinski definition) is 7. The van der Waals surface area contributed by atoms with Gasteiger partial charge >= 0.3 is 0 Å². The Morgan fingerprint density at radius 1 is 1.12 bits per heavy atom. The number of hydrogen-bond donors (Lipinski definition) is 2. The van der Waals surface area contributed by atoms with Gasteiger partial charge in [0.05, 0.1) is 22.3 Å². The average molecular weight is 385 g/mol. The van der Waals surface area contributed by atoms with Crippen LogP contribution in [0.15, 0.2) is 57.7 Å². The third-order valence-electron chi connectivity index (χ3n) is 3.52. The van der Waals surface area contributed by atoms with Gasteiger partial charge in [-0.3, -0.25) is 4.79 Å². The zero-order valence-electron chi connectivity index (χ0n) is 13.3. The Bertz CT molecular complexity index is 1130. The molecule has 0 aliphatic carbocycles. The minimum Gasteiger partial charge on any atom is -0.328 e. The Morgan fingerprint density at radius 3 is 2.81 bits per heavy atom. The molecule has 2 aromatic heterocycles. The molecular formula is C17H12FN5OS2. The van der Waals surface area contributed by atoms with Crippen molar-refractivity contribution in [2.75, 3.05) is 5.32 Å². The number of anilines is 2. The normalized spacial score (nSPS) is 11.0. The number of nitrogens with one attached hydrogen (secondary N) is 2. The van der Waals surface area contributed by atoms with Crippen LogP contribution < -0.4 is 10.9 Å². The summed E-state index contributed by atoms with van der Waals surface area (Å²) in [5, 5.41) is 12.0. The van der Waals surface area contributed by atoms with Crippen LogP contribution in [0.2, 0.25) is 0 Å². The summed E-state index contributed by atoms with van der Waals surface area (Å²) in [5.74, 6) is 0.668. The molecule has 0 saturated heterocycles. The van der Waals surface area contributed by atoms with Gasteiger partial charge in [0.2, 0.25) is 5.13 Å². The maximum absolute atomic E-state index is 13.7. The van der Waals surface area contributed by atoms with Gasteiger partial charge < -0.3 is 10.3 Å². The molecule has 0 saturated carbocycles. The molecule has 2 heterocycles. The number of para-hydroxylation sites is 2. The molecule has 0 amide bonds. The molecule has 0 radical (unpaired) electrons. The molecule has 2 N–H and O–H groups in total. The van der Waals surface area contributed by atoms with Crippen molar-refractivity contribution < 1.29 is 4.39 Å². The fourth-order valence-electron chi connectivity index (χ4n) is 2.33. The van der Waals surface area contributed by atoms with Gasteiger partial charge in [0.25, 0.3) is 5.56 Å². The maximum Gasteiger partial charge on any atom is 0.258 e. The van der Waals surface area contributed by atoms with Crippen LogP contribution in [0.3, 0.4) is 0 Å². The van der Waals surface area contributed by atoms with Crippen LogP contribution in [0.1, 0.15) is 5.82 Å². The number of benzene rings is 2. The standard InChI is InChI=1S/C17H12FN5OS2/c18-11-6-2-4-8-13(11)20-16-22-23-17(26-16)25-9-14-19-12-7-3-1-5-10(12)15(24)21-14/h1-8H,9H2,(H,20,22)(H,19,21,24). The zero-order chi connectivity index (χ0) is 17.9. The van der Waals surface area contributed by atoms with Gasteiger partial charge in [0.15, 0.2) is 4.34 Å². The number of nitrogens with zero attached hydrogens (tertiary/aromatic N) is 3. The van der Waals surface area contributed by atoms with Gasteiger partial charge in [-0.2, -0.15) is 0 Å². The minimum atomic E-state index is -0.352. The Morgan fingerprint density at radius 2 is 1.92 bits per heavy atom. The summed E-state index contributed by atoms with van der Waals surface area (Å²) in [6.45, 7) is 0. The Balaban J connectivity index is 1.47. The summed E-state index contributed by atoms with van der Waals surface area (Å²) in [5.41, 5.74) is 0.845. The Hall–Kier alpha value is -2.78. The van der Waals surface area contributed by atoms with Crippen LogP contribution in [0, 0.1) is 5.82 Å². The highest BCUT2D eigenvalue weighted by molar-refractivity contribution is 8.00. The Kier molecular flexibility index (Phi) is 4.63.